The molecule has 3 amide bonds. The maximum atomic E-state index is 13.4. The van der Waals surface area contributed by atoms with E-state index in [1.807, 2.05) is 0 Å². The highest BCUT2D eigenvalue weighted by atomic mass is 19.4. The van der Waals surface area contributed by atoms with Crippen LogP contribution in [0.15, 0.2) is 24.3 Å². The van der Waals surface area contributed by atoms with Crippen LogP contribution in [0.3, 0.4) is 0 Å². The molecule has 1 aromatic carbocycles. The molecule has 3 fully saturated rings. The zero-order valence-electron chi connectivity index (χ0n) is 17.3. The summed E-state index contributed by atoms with van der Waals surface area (Å²) in [7, 11) is 1.56. The number of hydrogen-bond acceptors (Lipinski definition) is 4. The Morgan fingerprint density at radius 3 is 2.61 bits per heavy atom. The second-order valence-corrected chi connectivity index (χ2v) is 8.65. The first-order valence-corrected chi connectivity index (χ1v) is 10.5. The molecule has 0 unspecified atom stereocenters. The van der Waals surface area contributed by atoms with E-state index in [-0.39, 0.29) is 36.5 Å². The van der Waals surface area contributed by atoms with Crippen LogP contribution in [0.2, 0.25) is 0 Å². The van der Waals surface area contributed by atoms with Gasteiger partial charge in [0.05, 0.1) is 17.1 Å². The Morgan fingerprint density at radius 2 is 1.97 bits per heavy atom. The molecule has 0 radical (unpaired) electrons. The lowest BCUT2D eigenvalue weighted by Gasteiger charge is -2.35. The van der Waals surface area contributed by atoms with Gasteiger partial charge in [-0.15, -0.1) is 0 Å². The van der Waals surface area contributed by atoms with Gasteiger partial charge in [0, 0.05) is 39.1 Å². The molecular weight excluding hydrogens is 413 g/mol. The van der Waals surface area contributed by atoms with E-state index < -0.39 is 29.0 Å². The van der Waals surface area contributed by atoms with Crippen molar-refractivity contribution in [1.82, 2.24) is 9.80 Å². The number of benzene rings is 1. The third kappa shape index (κ3) is 4.07. The quantitative estimate of drug-likeness (QED) is 0.663. The number of rotatable bonds is 5. The summed E-state index contributed by atoms with van der Waals surface area (Å²) in [6, 6.07) is 4.26. The number of amides is 3. The van der Waals surface area contributed by atoms with E-state index in [9.17, 15) is 27.6 Å². The van der Waals surface area contributed by atoms with Crippen LogP contribution < -0.4 is 0 Å². The average Bonchev–Trinajstić information content (AvgIpc) is 3.54. The maximum absolute atomic E-state index is 13.4. The number of halogens is 3. The standard InChI is InChI=1S/C22H25F3N2O4/c1-31-17-6-3-9-26(13-17)18(28)11-21(12-19(29)27(20(21)30)16-7-8-16)14-4-2-5-15(10-14)22(23,24)25/h2,4-5,10,16-17H,3,6-9,11-13H2,1H3/t17-,21-/m1/s1. The zero-order valence-corrected chi connectivity index (χ0v) is 17.3. The molecule has 6 nitrogen and oxygen atoms in total. The highest BCUT2D eigenvalue weighted by Crippen LogP contribution is 2.45. The molecule has 1 aliphatic carbocycles. The monoisotopic (exact) mass is 438 g/mol. The first kappa shape index (κ1) is 21.8. The van der Waals surface area contributed by atoms with Crippen LogP contribution in [0.4, 0.5) is 13.2 Å². The minimum Gasteiger partial charge on any atom is -0.380 e. The van der Waals surface area contributed by atoms with E-state index in [2.05, 4.69) is 0 Å². The Balaban J connectivity index is 1.70. The zero-order chi connectivity index (χ0) is 22.4. The lowest BCUT2D eigenvalue weighted by atomic mass is 9.75. The van der Waals surface area contributed by atoms with Gasteiger partial charge < -0.3 is 9.64 Å². The Bertz CT molecular complexity index is 899. The summed E-state index contributed by atoms with van der Waals surface area (Å²) in [4.78, 5) is 42.1. The van der Waals surface area contributed by atoms with Gasteiger partial charge in [-0.3, -0.25) is 19.3 Å². The molecule has 9 heteroatoms. The van der Waals surface area contributed by atoms with E-state index in [0.717, 1.165) is 25.0 Å². The Labute approximate surface area is 178 Å². The number of likely N-dealkylation sites (tertiary alicyclic amines) is 2. The summed E-state index contributed by atoms with van der Waals surface area (Å²) in [6.45, 7) is 0.855. The van der Waals surface area contributed by atoms with Crippen molar-refractivity contribution >= 4 is 17.7 Å². The number of imide groups is 1. The number of carbonyl (C=O) groups is 3. The lowest BCUT2D eigenvalue weighted by molar-refractivity contribution is -0.144. The normalized spacial score (nSPS) is 27.2. The SMILES string of the molecule is CO[C@@H]1CCCN(C(=O)C[C@]2(c3cccc(C(F)(F)F)c3)CC(=O)N(C3CC3)C2=O)C1. The molecule has 0 spiro atoms. The molecule has 1 aromatic rings. The predicted octanol–water partition coefficient (Wildman–Crippen LogP) is 2.89. The molecule has 2 heterocycles. The molecule has 4 rings (SSSR count). The van der Waals surface area contributed by atoms with Crippen LogP contribution in [0.1, 0.15) is 49.7 Å². The minimum atomic E-state index is -4.60. The predicted molar refractivity (Wildman–Crippen MR) is 104 cm³/mol. The van der Waals surface area contributed by atoms with Gasteiger partial charge in [-0.05, 0) is 37.3 Å². The number of carbonyl (C=O) groups excluding carboxylic acids is 3. The van der Waals surface area contributed by atoms with Gasteiger partial charge in [-0.2, -0.15) is 13.2 Å². The van der Waals surface area contributed by atoms with Crippen LogP contribution in [0.25, 0.3) is 0 Å². The highest BCUT2D eigenvalue weighted by molar-refractivity contribution is 6.11. The number of methoxy groups -OCH3 is 1. The van der Waals surface area contributed by atoms with E-state index >= 15 is 0 Å². The van der Waals surface area contributed by atoms with Gasteiger partial charge >= 0.3 is 6.18 Å². The molecule has 0 bridgehead atoms. The average molecular weight is 438 g/mol. The first-order chi connectivity index (χ1) is 14.7. The van der Waals surface area contributed by atoms with Crippen molar-refractivity contribution < 1.29 is 32.3 Å². The first-order valence-electron chi connectivity index (χ1n) is 10.5. The Hall–Kier alpha value is -2.42. The molecule has 1 saturated carbocycles. The van der Waals surface area contributed by atoms with Crippen molar-refractivity contribution in [3.8, 4) is 0 Å². The van der Waals surface area contributed by atoms with Crippen molar-refractivity contribution in [2.24, 2.45) is 0 Å². The number of nitrogens with zero attached hydrogens (tertiary/aromatic N) is 2. The molecule has 31 heavy (non-hydrogen) atoms. The van der Waals surface area contributed by atoms with E-state index in [0.29, 0.717) is 25.9 Å². The molecule has 2 saturated heterocycles. The van der Waals surface area contributed by atoms with Crippen molar-refractivity contribution in [1.29, 1.82) is 0 Å². The lowest BCUT2D eigenvalue weighted by Crippen LogP contribution is -2.47. The van der Waals surface area contributed by atoms with Crippen molar-refractivity contribution in [3.63, 3.8) is 0 Å². The summed E-state index contributed by atoms with van der Waals surface area (Å²) in [5.41, 5.74) is -2.45. The summed E-state index contributed by atoms with van der Waals surface area (Å²) >= 11 is 0. The van der Waals surface area contributed by atoms with Crippen molar-refractivity contribution in [2.75, 3.05) is 20.2 Å². The number of piperidine rings is 1. The van der Waals surface area contributed by atoms with Gasteiger partial charge in [0.1, 0.15) is 0 Å². The van der Waals surface area contributed by atoms with Crippen molar-refractivity contribution in [3.05, 3.63) is 35.4 Å². The molecule has 2 atom stereocenters. The summed E-state index contributed by atoms with van der Waals surface area (Å²) in [5.74, 6) is -1.34. The van der Waals surface area contributed by atoms with Gasteiger partial charge in [0.15, 0.2) is 0 Å². The fourth-order valence-corrected chi connectivity index (χ4v) is 4.65. The third-order valence-electron chi connectivity index (χ3n) is 6.52. The molecule has 0 N–H and O–H groups in total. The number of ether oxygens (including phenoxy) is 1. The number of alkyl halides is 3. The second kappa shape index (κ2) is 7.93. The Kier molecular flexibility index (Phi) is 5.57. The van der Waals surface area contributed by atoms with Crippen LogP contribution in [-0.4, -0.2) is 59.9 Å². The third-order valence-corrected chi connectivity index (χ3v) is 6.52. The maximum Gasteiger partial charge on any atom is 0.416 e. The molecule has 2 aliphatic heterocycles. The van der Waals surface area contributed by atoms with Crippen molar-refractivity contribution in [2.45, 2.75) is 62.3 Å². The highest BCUT2D eigenvalue weighted by Gasteiger charge is 2.57. The van der Waals surface area contributed by atoms with E-state index in [1.165, 1.54) is 17.0 Å². The summed E-state index contributed by atoms with van der Waals surface area (Å²) in [5, 5.41) is 0. The second-order valence-electron chi connectivity index (χ2n) is 8.65. The fraction of sp³-hybridized carbons (Fsp3) is 0.591. The molecule has 0 aromatic heterocycles. The van der Waals surface area contributed by atoms with Gasteiger partial charge in [0.2, 0.25) is 17.7 Å². The molecule has 168 valence electrons. The van der Waals surface area contributed by atoms with E-state index in [4.69, 9.17) is 4.74 Å². The fourth-order valence-electron chi connectivity index (χ4n) is 4.65. The Morgan fingerprint density at radius 1 is 1.23 bits per heavy atom. The largest absolute Gasteiger partial charge is 0.416 e. The topological polar surface area (TPSA) is 66.9 Å². The molecular formula is C22H25F3N2O4. The van der Waals surface area contributed by atoms with Crippen LogP contribution in [0, 0.1) is 0 Å². The van der Waals surface area contributed by atoms with Gasteiger partial charge in [-0.25, -0.2) is 0 Å². The van der Waals surface area contributed by atoms with Crippen LogP contribution in [0.5, 0.6) is 0 Å². The van der Waals surface area contributed by atoms with Crippen LogP contribution in [-0.2, 0) is 30.7 Å². The summed E-state index contributed by atoms with van der Waals surface area (Å²) < 4.78 is 45.4. The van der Waals surface area contributed by atoms with E-state index in [1.54, 1.807) is 12.0 Å². The molecule has 3 aliphatic rings. The van der Waals surface area contributed by atoms with Gasteiger partial charge in [0.25, 0.3) is 0 Å². The smallest absolute Gasteiger partial charge is 0.380 e. The number of hydrogen-bond donors (Lipinski definition) is 0. The minimum absolute atomic E-state index is 0.0671. The summed E-state index contributed by atoms with van der Waals surface area (Å²) in [6.07, 6.45) is -2.42. The van der Waals surface area contributed by atoms with Crippen LogP contribution >= 0.6 is 0 Å². The van der Waals surface area contributed by atoms with Gasteiger partial charge in [-0.1, -0.05) is 18.2 Å².